The first-order valence-electron chi connectivity index (χ1n) is 4.87. The summed E-state index contributed by atoms with van der Waals surface area (Å²) in [5.74, 6) is -1.39. The van der Waals surface area contributed by atoms with E-state index < -0.39 is 12.0 Å². The van der Waals surface area contributed by atoms with Crippen LogP contribution in [0.4, 0.5) is 0 Å². The van der Waals surface area contributed by atoms with Gasteiger partial charge in [0.25, 0.3) is 0 Å². The van der Waals surface area contributed by atoms with E-state index in [1.807, 2.05) is 13.8 Å². The van der Waals surface area contributed by atoms with E-state index in [1.165, 1.54) is 10.9 Å². The summed E-state index contributed by atoms with van der Waals surface area (Å²) in [6.07, 6.45) is 1.23. The molecule has 1 atom stereocenters. The third-order valence-electron chi connectivity index (χ3n) is 1.94. The molecule has 0 aliphatic rings. The number of hydrogen-bond donors (Lipinski definition) is 2. The van der Waals surface area contributed by atoms with Crippen LogP contribution in [0.1, 0.15) is 37.3 Å². The third-order valence-corrected chi connectivity index (χ3v) is 1.94. The Kier molecular flexibility index (Phi) is 3.60. The molecule has 1 heterocycles. The average molecular weight is 226 g/mol. The largest absolute Gasteiger partial charge is 0.476 e. The van der Waals surface area contributed by atoms with Crippen molar-refractivity contribution >= 4 is 11.9 Å². The van der Waals surface area contributed by atoms with Gasteiger partial charge in [-0.2, -0.15) is 0 Å². The maximum absolute atomic E-state index is 11.6. The van der Waals surface area contributed by atoms with Gasteiger partial charge in [-0.05, 0) is 20.8 Å². The minimum Gasteiger partial charge on any atom is -0.476 e. The number of nitrogens with one attached hydrogen (secondary N) is 1. The summed E-state index contributed by atoms with van der Waals surface area (Å²) < 4.78 is 1.22. The summed E-state index contributed by atoms with van der Waals surface area (Å²) in [5, 5.41) is 18.4. The number of amides is 1. The Balaban J connectivity index is 2.76. The lowest BCUT2D eigenvalue weighted by Crippen LogP contribution is -2.35. The fraction of sp³-hybridized carbons (Fsp3) is 0.556. The van der Waals surface area contributed by atoms with Gasteiger partial charge < -0.3 is 10.4 Å². The second-order valence-corrected chi connectivity index (χ2v) is 3.73. The molecule has 0 saturated carbocycles. The molecule has 7 nitrogen and oxygen atoms in total. The predicted molar refractivity (Wildman–Crippen MR) is 55.0 cm³/mol. The van der Waals surface area contributed by atoms with Gasteiger partial charge in [0.2, 0.25) is 5.91 Å². The molecule has 0 aliphatic heterocycles. The van der Waals surface area contributed by atoms with Crippen LogP contribution in [0.15, 0.2) is 6.20 Å². The van der Waals surface area contributed by atoms with Crippen molar-refractivity contribution in [1.29, 1.82) is 0 Å². The number of aromatic nitrogens is 3. The van der Waals surface area contributed by atoms with Crippen molar-refractivity contribution in [3.63, 3.8) is 0 Å². The smallest absolute Gasteiger partial charge is 0.358 e. The Morgan fingerprint density at radius 2 is 2.06 bits per heavy atom. The molecule has 88 valence electrons. The van der Waals surface area contributed by atoms with Crippen molar-refractivity contribution in [2.24, 2.45) is 0 Å². The zero-order chi connectivity index (χ0) is 12.3. The van der Waals surface area contributed by atoms with Gasteiger partial charge in [0.15, 0.2) is 5.69 Å². The van der Waals surface area contributed by atoms with E-state index in [0.29, 0.717) is 0 Å². The number of carbonyl (C=O) groups excluding carboxylic acids is 1. The second-order valence-electron chi connectivity index (χ2n) is 3.73. The van der Waals surface area contributed by atoms with E-state index in [1.54, 1.807) is 6.92 Å². The molecule has 0 fully saturated rings. The van der Waals surface area contributed by atoms with Crippen molar-refractivity contribution in [2.75, 3.05) is 0 Å². The number of carbonyl (C=O) groups is 2. The minimum atomic E-state index is -1.16. The zero-order valence-corrected chi connectivity index (χ0v) is 9.34. The van der Waals surface area contributed by atoms with Crippen LogP contribution in [0.25, 0.3) is 0 Å². The molecule has 1 aromatic heterocycles. The summed E-state index contributed by atoms with van der Waals surface area (Å²) in [6, 6.07) is -0.555. The molecule has 0 saturated heterocycles. The van der Waals surface area contributed by atoms with E-state index in [2.05, 4.69) is 15.6 Å². The molecule has 0 spiro atoms. The van der Waals surface area contributed by atoms with E-state index in [9.17, 15) is 9.59 Å². The molecular formula is C9H14N4O3. The first kappa shape index (κ1) is 12.2. The molecule has 1 unspecified atom stereocenters. The molecule has 16 heavy (non-hydrogen) atoms. The number of carboxylic acids is 1. The van der Waals surface area contributed by atoms with Crippen LogP contribution >= 0.6 is 0 Å². The summed E-state index contributed by atoms with van der Waals surface area (Å²) in [6.45, 7) is 5.31. The molecule has 0 bridgehead atoms. The van der Waals surface area contributed by atoms with Crippen molar-refractivity contribution in [1.82, 2.24) is 20.3 Å². The fourth-order valence-corrected chi connectivity index (χ4v) is 1.09. The van der Waals surface area contributed by atoms with Gasteiger partial charge in [-0.1, -0.05) is 5.21 Å². The lowest BCUT2D eigenvalue weighted by Gasteiger charge is -2.13. The Labute approximate surface area is 92.4 Å². The number of hydrogen-bond acceptors (Lipinski definition) is 4. The molecule has 1 amide bonds. The fourth-order valence-electron chi connectivity index (χ4n) is 1.09. The summed E-state index contributed by atoms with van der Waals surface area (Å²) >= 11 is 0. The van der Waals surface area contributed by atoms with Crippen LogP contribution in [0.2, 0.25) is 0 Å². The Morgan fingerprint density at radius 3 is 2.50 bits per heavy atom. The SMILES string of the molecule is CC(C)NC(=O)C(C)n1cc(C(=O)O)nn1. The summed E-state index contributed by atoms with van der Waals surface area (Å²) in [7, 11) is 0. The van der Waals surface area contributed by atoms with Crippen LogP contribution in [0.3, 0.4) is 0 Å². The molecule has 0 aliphatic carbocycles. The third kappa shape index (κ3) is 2.78. The van der Waals surface area contributed by atoms with Crippen LogP contribution in [0, 0.1) is 0 Å². The first-order chi connectivity index (χ1) is 7.41. The quantitative estimate of drug-likeness (QED) is 0.756. The topological polar surface area (TPSA) is 97.1 Å². The lowest BCUT2D eigenvalue weighted by atomic mass is 10.3. The molecule has 1 rings (SSSR count). The monoisotopic (exact) mass is 226 g/mol. The average Bonchev–Trinajstić information content (AvgIpc) is 2.64. The van der Waals surface area contributed by atoms with Crippen LogP contribution < -0.4 is 5.32 Å². The highest BCUT2D eigenvalue weighted by molar-refractivity contribution is 5.85. The van der Waals surface area contributed by atoms with E-state index in [4.69, 9.17) is 5.11 Å². The Hall–Kier alpha value is -1.92. The van der Waals surface area contributed by atoms with Crippen molar-refractivity contribution in [3.8, 4) is 0 Å². The van der Waals surface area contributed by atoms with Gasteiger partial charge in [-0.25, -0.2) is 9.48 Å². The van der Waals surface area contributed by atoms with Crippen LogP contribution in [-0.4, -0.2) is 38.0 Å². The molecular weight excluding hydrogens is 212 g/mol. The van der Waals surface area contributed by atoms with Crippen LogP contribution in [-0.2, 0) is 4.79 Å². The number of nitrogens with zero attached hydrogens (tertiary/aromatic N) is 3. The van der Waals surface area contributed by atoms with Crippen molar-refractivity contribution in [3.05, 3.63) is 11.9 Å². The number of carboxylic acid groups (broad SMARTS) is 1. The Bertz CT molecular complexity index is 399. The first-order valence-corrected chi connectivity index (χ1v) is 4.87. The van der Waals surface area contributed by atoms with Crippen molar-refractivity contribution < 1.29 is 14.7 Å². The maximum atomic E-state index is 11.6. The molecule has 0 radical (unpaired) electrons. The van der Waals surface area contributed by atoms with Gasteiger partial charge in [-0.15, -0.1) is 5.10 Å². The van der Waals surface area contributed by atoms with Gasteiger partial charge in [0, 0.05) is 6.04 Å². The van der Waals surface area contributed by atoms with E-state index in [0.717, 1.165) is 0 Å². The molecule has 2 N–H and O–H groups in total. The van der Waals surface area contributed by atoms with Crippen molar-refractivity contribution in [2.45, 2.75) is 32.9 Å². The standard InChI is InChI=1S/C9H14N4O3/c1-5(2)10-8(14)6(3)13-4-7(9(15)16)11-12-13/h4-6H,1-3H3,(H,10,14)(H,15,16). The lowest BCUT2D eigenvalue weighted by molar-refractivity contribution is -0.124. The van der Waals surface area contributed by atoms with Gasteiger partial charge in [0.1, 0.15) is 6.04 Å². The predicted octanol–water partition coefficient (Wildman–Crippen LogP) is 0.0619. The normalized spacial score (nSPS) is 12.5. The van der Waals surface area contributed by atoms with Gasteiger partial charge in [0.05, 0.1) is 6.20 Å². The molecule has 0 aromatic carbocycles. The van der Waals surface area contributed by atoms with E-state index in [-0.39, 0.29) is 17.6 Å². The highest BCUT2D eigenvalue weighted by Crippen LogP contribution is 2.05. The summed E-state index contributed by atoms with van der Waals surface area (Å²) in [5.41, 5.74) is -0.177. The second kappa shape index (κ2) is 4.73. The van der Waals surface area contributed by atoms with Gasteiger partial charge in [-0.3, -0.25) is 4.79 Å². The van der Waals surface area contributed by atoms with Crippen LogP contribution in [0.5, 0.6) is 0 Å². The zero-order valence-electron chi connectivity index (χ0n) is 9.34. The number of rotatable bonds is 4. The molecule has 7 heteroatoms. The highest BCUT2D eigenvalue weighted by Gasteiger charge is 2.18. The molecule has 1 aromatic rings. The maximum Gasteiger partial charge on any atom is 0.358 e. The Morgan fingerprint density at radius 1 is 1.44 bits per heavy atom. The number of aromatic carboxylic acids is 1. The minimum absolute atomic E-state index is 0.0254. The van der Waals surface area contributed by atoms with Gasteiger partial charge >= 0.3 is 5.97 Å². The van der Waals surface area contributed by atoms with E-state index >= 15 is 0 Å². The summed E-state index contributed by atoms with van der Waals surface area (Å²) in [4.78, 5) is 22.2. The highest BCUT2D eigenvalue weighted by atomic mass is 16.4.